The molecule has 2 aromatic rings. The maximum Gasteiger partial charge on any atom is 0.414 e. The van der Waals surface area contributed by atoms with Gasteiger partial charge in [0.2, 0.25) is 0 Å². The first-order valence-electron chi connectivity index (χ1n) is 9.60. The number of carbonyl (C=O) groups is 1. The van der Waals surface area contributed by atoms with E-state index in [4.69, 9.17) is 4.74 Å². The Morgan fingerprint density at radius 3 is 2.48 bits per heavy atom. The van der Waals surface area contributed by atoms with Gasteiger partial charge >= 0.3 is 6.09 Å². The van der Waals surface area contributed by atoms with E-state index in [0.717, 1.165) is 28.6 Å². The third-order valence-electron chi connectivity index (χ3n) is 5.84. The maximum absolute atomic E-state index is 13.1. The van der Waals surface area contributed by atoms with Crippen LogP contribution in [0.2, 0.25) is 0 Å². The smallest absolute Gasteiger partial charge is 0.414 e. The number of hydrogen-bond donors (Lipinski definition) is 0. The highest BCUT2D eigenvalue weighted by Gasteiger charge is 2.40. The molecule has 4 nitrogen and oxygen atoms in total. The molecule has 0 N–H and O–H groups in total. The molecule has 0 spiro atoms. The predicted octanol–water partition coefficient (Wildman–Crippen LogP) is 5.22. The Morgan fingerprint density at radius 2 is 1.81 bits per heavy atom. The van der Waals surface area contributed by atoms with Gasteiger partial charge in [0.25, 0.3) is 0 Å². The van der Waals surface area contributed by atoms with Crippen molar-refractivity contribution in [3.63, 3.8) is 0 Å². The van der Waals surface area contributed by atoms with Crippen molar-refractivity contribution in [3.05, 3.63) is 64.6 Å². The summed E-state index contributed by atoms with van der Waals surface area (Å²) >= 11 is 3.51. The molecule has 2 saturated heterocycles. The van der Waals surface area contributed by atoms with Gasteiger partial charge in [0, 0.05) is 35.1 Å². The normalized spacial score (nSPS) is 24.6. The standard InChI is InChI=1S/C22H25BrN2O2/c1-24-19-10-11-20(24)14-21(13-19)27-22(26)25(18-8-3-2-4-9-18)15-16-6-5-7-17(23)12-16/h2-9,12,19-21H,10-11,13-15H2,1H3/t19-,20+,21?. The fourth-order valence-electron chi connectivity index (χ4n) is 4.35. The molecule has 1 unspecified atom stereocenters. The summed E-state index contributed by atoms with van der Waals surface area (Å²) in [5.41, 5.74) is 1.92. The molecule has 142 valence electrons. The van der Waals surface area contributed by atoms with Crippen molar-refractivity contribution in [3.8, 4) is 0 Å². The summed E-state index contributed by atoms with van der Waals surface area (Å²) in [6.07, 6.45) is 4.08. The number of piperidine rings is 1. The zero-order valence-electron chi connectivity index (χ0n) is 15.6. The van der Waals surface area contributed by atoms with E-state index < -0.39 is 0 Å². The van der Waals surface area contributed by atoms with E-state index in [9.17, 15) is 4.79 Å². The summed E-state index contributed by atoms with van der Waals surface area (Å²) < 4.78 is 7.00. The first-order valence-corrected chi connectivity index (χ1v) is 10.4. The number of amides is 1. The average molecular weight is 429 g/mol. The molecule has 4 rings (SSSR count). The number of ether oxygens (including phenoxy) is 1. The molecule has 2 heterocycles. The third-order valence-corrected chi connectivity index (χ3v) is 6.33. The Labute approximate surface area is 169 Å². The van der Waals surface area contributed by atoms with Crippen LogP contribution in [-0.4, -0.2) is 36.2 Å². The van der Waals surface area contributed by atoms with Gasteiger partial charge in [0.05, 0.1) is 6.54 Å². The molecule has 5 heteroatoms. The molecule has 2 aliphatic heterocycles. The Hall–Kier alpha value is -1.85. The number of anilines is 1. The molecule has 27 heavy (non-hydrogen) atoms. The van der Waals surface area contributed by atoms with Crippen molar-refractivity contribution in [2.24, 2.45) is 0 Å². The van der Waals surface area contributed by atoms with E-state index in [1.807, 2.05) is 54.6 Å². The number of nitrogens with zero attached hydrogens (tertiary/aromatic N) is 2. The maximum atomic E-state index is 13.1. The van der Waals surface area contributed by atoms with Crippen molar-refractivity contribution in [1.29, 1.82) is 0 Å². The van der Waals surface area contributed by atoms with E-state index in [-0.39, 0.29) is 12.2 Å². The second-order valence-electron chi connectivity index (χ2n) is 7.58. The molecule has 0 saturated carbocycles. The molecule has 0 aromatic heterocycles. The van der Waals surface area contributed by atoms with E-state index in [2.05, 4.69) is 27.9 Å². The summed E-state index contributed by atoms with van der Waals surface area (Å²) in [4.78, 5) is 17.3. The van der Waals surface area contributed by atoms with Crippen molar-refractivity contribution in [1.82, 2.24) is 4.90 Å². The molecule has 2 aliphatic rings. The number of carbonyl (C=O) groups excluding carboxylic acids is 1. The summed E-state index contributed by atoms with van der Waals surface area (Å²) in [5, 5.41) is 0. The minimum atomic E-state index is -0.255. The quantitative estimate of drug-likeness (QED) is 0.669. The van der Waals surface area contributed by atoms with Gasteiger partial charge in [-0.25, -0.2) is 4.79 Å². The van der Waals surface area contributed by atoms with Gasteiger partial charge < -0.3 is 9.64 Å². The molecule has 2 aromatic carbocycles. The molecular weight excluding hydrogens is 404 g/mol. The van der Waals surface area contributed by atoms with Crippen molar-refractivity contribution >= 4 is 27.7 Å². The van der Waals surface area contributed by atoms with Gasteiger partial charge in [-0.15, -0.1) is 0 Å². The van der Waals surface area contributed by atoms with Gasteiger partial charge in [-0.1, -0.05) is 46.3 Å². The summed E-state index contributed by atoms with van der Waals surface area (Å²) in [5.74, 6) is 0. The number of halogens is 1. The number of benzene rings is 2. The Bertz CT molecular complexity index is 784. The van der Waals surface area contributed by atoms with Crippen LogP contribution in [-0.2, 0) is 11.3 Å². The lowest BCUT2D eigenvalue weighted by molar-refractivity contribution is 0.0314. The molecular formula is C22H25BrN2O2. The zero-order chi connectivity index (χ0) is 18.8. The number of fused-ring (bicyclic) bond motifs is 2. The van der Waals surface area contributed by atoms with Crippen LogP contribution in [0.1, 0.15) is 31.2 Å². The summed E-state index contributed by atoms with van der Waals surface area (Å²) in [6, 6.07) is 18.9. The van der Waals surface area contributed by atoms with Crippen LogP contribution in [0.15, 0.2) is 59.1 Å². The second-order valence-corrected chi connectivity index (χ2v) is 8.49. The van der Waals surface area contributed by atoms with Crippen LogP contribution in [0.5, 0.6) is 0 Å². The van der Waals surface area contributed by atoms with Crippen LogP contribution in [0.4, 0.5) is 10.5 Å². The first kappa shape index (κ1) is 18.5. The lowest BCUT2D eigenvalue weighted by atomic mass is 10.0. The number of rotatable bonds is 4. The third kappa shape index (κ3) is 4.19. The van der Waals surface area contributed by atoms with Gasteiger partial charge in [-0.2, -0.15) is 0 Å². The second kappa shape index (κ2) is 8.03. The minimum Gasteiger partial charge on any atom is -0.446 e. The lowest BCUT2D eigenvalue weighted by Crippen LogP contribution is -2.45. The fourth-order valence-corrected chi connectivity index (χ4v) is 4.80. The van der Waals surface area contributed by atoms with Crippen LogP contribution < -0.4 is 4.90 Å². The van der Waals surface area contributed by atoms with E-state index in [1.165, 1.54) is 12.8 Å². The predicted molar refractivity (Wildman–Crippen MR) is 111 cm³/mol. The van der Waals surface area contributed by atoms with Crippen LogP contribution in [0, 0.1) is 0 Å². The van der Waals surface area contributed by atoms with Crippen molar-refractivity contribution in [2.75, 3.05) is 11.9 Å². The van der Waals surface area contributed by atoms with Crippen LogP contribution in [0.25, 0.3) is 0 Å². The van der Waals surface area contributed by atoms with Crippen LogP contribution >= 0.6 is 15.9 Å². The Balaban J connectivity index is 1.50. The van der Waals surface area contributed by atoms with E-state index in [1.54, 1.807) is 4.90 Å². The molecule has 2 fully saturated rings. The van der Waals surface area contributed by atoms with E-state index in [0.29, 0.717) is 18.6 Å². The highest BCUT2D eigenvalue weighted by Crippen LogP contribution is 2.36. The minimum absolute atomic E-state index is 0.0138. The Kier molecular flexibility index (Phi) is 5.50. The SMILES string of the molecule is CN1[C@@H]2CC[C@H]1CC(OC(=O)N(Cc1cccc(Br)c1)c1ccccc1)C2. The average Bonchev–Trinajstić information content (AvgIpc) is 2.88. The van der Waals surface area contributed by atoms with Crippen LogP contribution in [0.3, 0.4) is 0 Å². The topological polar surface area (TPSA) is 32.8 Å². The molecule has 2 bridgehead atoms. The monoisotopic (exact) mass is 428 g/mol. The highest BCUT2D eigenvalue weighted by atomic mass is 79.9. The Morgan fingerprint density at radius 1 is 1.11 bits per heavy atom. The molecule has 0 aliphatic carbocycles. The number of hydrogen-bond acceptors (Lipinski definition) is 3. The molecule has 0 radical (unpaired) electrons. The highest BCUT2D eigenvalue weighted by molar-refractivity contribution is 9.10. The van der Waals surface area contributed by atoms with Gasteiger partial charge in [0.15, 0.2) is 0 Å². The fraction of sp³-hybridized carbons (Fsp3) is 0.409. The lowest BCUT2D eigenvalue weighted by Gasteiger charge is -2.36. The molecule has 1 amide bonds. The zero-order valence-corrected chi connectivity index (χ0v) is 17.1. The van der Waals surface area contributed by atoms with Crippen molar-refractivity contribution in [2.45, 2.75) is 50.4 Å². The number of para-hydroxylation sites is 1. The molecule has 3 atom stereocenters. The van der Waals surface area contributed by atoms with Gasteiger partial charge in [-0.05, 0) is 49.7 Å². The van der Waals surface area contributed by atoms with Gasteiger partial charge in [-0.3, -0.25) is 4.90 Å². The van der Waals surface area contributed by atoms with Crippen molar-refractivity contribution < 1.29 is 9.53 Å². The summed E-state index contributed by atoms with van der Waals surface area (Å²) in [6.45, 7) is 0.488. The largest absolute Gasteiger partial charge is 0.446 e. The van der Waals surface area contributed by atoms with Gasteiger partial charge in [0.1, 0.15) is 6.10 Å². The first-order chi connectivity index (χ1) is 13.1. The summed E-state index contributed by atoms with van der Waals surface area (Å²) in [7, 11) is 2.20. The van der Waals surface area contributed by atoms with E-state index >= 15 is 0 Å².